The molecule has 1 aromatic carbocycles. The molecule has 0 saturated carbocycles. The van der Waals surface area contributed by atoms with Crippen LogP contribution in [0, 0.1) is 5.82 Å². The maximum Gasteiger partial charge on any atom is 0.248 e. The topological polar surface area (TPSA) is 90.7 Å². The Morgan fingerprint density at radius 3 is 2.75 bits per heavy atom. The number of aliphatic hydroxyl groups excluding tert-OH is 1. The van der Waals surface area contributed by atoms with Gasteiger partial charge in [-0.2, -0.15) is 5.10 Å². The van der Waals surface area contributed by atoms with Crippen molar-refractivity contribution >= 4 is 11.8 Å². The summed E-state index contributed by atoms with van der Waals surface area (Å²) in [5, 5.41) is 16.7. The van der Waals surface area contributed by atoms with Crippen molar-refractivity contribution in [2.75, 3.05) is 19.6 Å². The van der Waals surface area contributed by atoms with Crippen LogP contribution in [0.4, 0.5) is 4.39 Å². The molecule has 0 spiro atoms. The molecule has 2 aliphatic heterocycles. The van der Waals surface area contributed by atoms with Gasteiger partial charge in [0.15, 0.2) is 0 Å². The number of hydrogen-bond acceptors (Lipinski definition) is 5. The van der Waals surface area contributed by atoms with Gasteiger partial charge >= 0.3 is 0 Å². The van der Waals surface area contributed by atoms with Crippen molar-refractivity contribution in [3.8, 4) is 5.69 Å². The monoisotopic (exact) mass is 387 g/mol. The first-order valence-electron chi connectivity index (χ1n) is 9.23. The number of amides is 2. The van der Waals surface area contributed by atoms with Crippen molar-refractivity contribution in [1.82, 2.24) is 24.9 Å². The summed E-state index contributed by atoms with van der Waals surface area (Å²) in [5.41, 5.74) is 1.72. The molecule has 0 aliphatic carbocycles. The Balaban J connectivity index is 1.42. The molecule has 2 amide bonds. The molecule has 2 saturated heterocycles. The standard InChI is InChI=1S/C19H22FN5O3/c1-12(26)17-19(28)24-7-6-23(11-16(24)18(27)22-17)9-13-8-21-25(10-13)15-4-2-14(20)3-5-15/h2-5,8,10,12,16-17,26H,6-7,9,11H2,1H3,(H,22,27)/t12-,16+,17+/m0/s1. The van der Waals surface area contributed by atoms with E-state index in [-0.39, 0.29) is 17.6 Å². The lowest BCUT2D eigenvalue weighted by molar-refractivity contribution is -0.156. The van der Waals surface area contributed by atoms with E-state index in [1.54, 1.807) is 27.9 Å². The fourth-order valence-electron chi connectivity index (χ4n) is 3.72. The number of hydrogen-bond donors (Lipinski definition) is 2. The molecule has 1 aromatic heterocycles. The number of fused-ring (bicyclic) bond motifs is 1. The van der Waals surface area contributed by atoms with Crippen molar-refractivity contribution in [3.05, 3.63) is 48.0 Å². The summed E-state index contributed by atoms with van der Waals surface area (Å²) in [6.45, 7) is 3.58. The number of piperazine rings is 2. The van der Waals surface area contributed by atoms with E-state index >= 15 is 0 Å². The zero-order valence-electron chi connectivity index (χ0n) is 15.5. The second-order valence-corrected chi connectivity index (χ2v) is 7.28. The number of nitrogens with one attached hydrogen (secondary N) is 1. The Morgan fingerprint density at radius 1 is 1.29 bits per heavy atom. The molecule has 2 N–H and O–H groups in total. The first-order chi connectivity index (χ1) is 13.4. The Kier molecular flexibility index (Phi) is 4.86. The lowest BCUT2D eigenvalue weighted by Crippen LogP contribution is -2.70. The second-order valence-electron chi connectivity index (χ2n) is 7.28. The van der Waals surface area contributed by atoms with Gasteiger partial charge in [0, 0.05) is 37.9 Å². The van der Waals surface area contributed by atoms with Gasteiger partial charge in [0.2, 0.25) is 11.8 Å². The number of aliphatic hydroxyl groups is 1. The maximum absolute atomic E-state index is 13.1. The van der Waals surface area contributed by atoms with Crippen LogP contribution in [-0.2, 0) is 16.1 Å². The molecule has 2 aliphatic rings. The van der Waals surface area contributed by atoms with Gasteiger partial charge in [0.1, 0.15) is 17.9 Å². The summed E-state index contributed by atoms with van der Waals surface area (Å²) >= 11 is 0. The SMILES string of the molecule is C[C@H](O)[C@H]1NC(=O)[C@H]2CN(Cc3cnn(-c4ccc(F)cc4)c3)CCN2C1=O. The highest BCUT2D eigenvalue weighted by Crippen LogP contribution is 2.19. The van der Waals surface area contributed by atoms with Gasteiger partial charge in [-0.1, -0.05) is 0 Å². The number of aromatic nitrogens is 2. The number of carbonyl (C=O) groups excluding carboxylic acids is 2. The first kappa shape index (κ1) is 18.6. The van der Waals surface area contributed by atoms with Crippen molar-refractivity contribution < 1.29 is 19.1 Å². The highest BCUT2D eigenvalue weighted by atomic mass is 19.1. The van der Waals surface area contributed by atoms with E-state index in [4.69, 9.17) is 0 Å². The van der Waals surface area contributed by atoms with Crippen molar-refractivity contribution in [2.45, 2.75) is 31.7 Å². The van der Waals surface area contributed by atoms with E-state index in [0.717, 1.165) is 11.3 Å². The zero-order valence-corrected chi connectivity index (χ0v) is 15.5. The minimum Gasteiger partial charge on any atom is -0.391 e. The van der Waals surface area contributed by atoms with Gasteiger partial charge in [0.05, 0.1) is 18.0 Å². The average molecular weight is 387 g/mol. The Hall–Kier alpha value is -2.78. The lowest BCUT2D eigenvalue weighted by atomic mass is 10.0. The fraction of sp³-hybridized carbons (Fsp3) is 0.421. The van der Waals surface area contributed by atoms with Gasteiger partial charge in [-0.05, 0) is 31.2 Å². The van der Waals surface area contributed by atoms with E-state index in [0.29, 0.717) is 26.2 Å². The summed E-state index contributed by atoms with van der Waals surface area (Å²) < 4.78 is 14.7. The van der Waals surface area contributed by atoms with E-state index < -0.39 is 18.2 Å². The third-order valence-electron chi connectivity index (χ3n) is 5.23. The number of benzene rings is 1. The van der Waals surface area contributed by atoms with Crippen molar-refractivity contribution in [3.63, 3.8) is 0 Å². The Morgan fingerprint density at radius 2 is 2.04 bits per heavy atom. The summed E-state index contributed by atoms with van der Waals surface area (Å²) in [6, 6.07) is 4.65. The van der Waals surface area contributed by atoms with Crippen LogP contribution in [0.25, 0.3) is 5.69 Å². The van der Waals surface area contributed by atoms with Gasteiger partial charge in [0.25, 0.3) is 0 Å². The minimum atomic E-state index is -0.923. The fourth-order valence-corrected chi connectivity index (χ4v) is 3.72. The molecule has 0 unspecified atom stereocenters. The Labute approximate surface area is 161 Å². The normalized spacial score (nSPS) is 24.0. The quantitative estimate of drug-likeness (QED) is 0.765. The van der Waals surface area contributed by atoms with Crippen LogP contribution in [0.5, 0.6) is 0 Å². The maximum atomic E-state index is 13.1. The molecule has 8 nitrogen and oxygen atoms in total. The van der Waals surface area contributed by atoms with Gasteiger partial charge in [-0.25, -0.2) is 9.07 Å². The van der Waals surface area contributed by atoms with E-state index in [2.05, 4.69) is 15.3 Å². The van der Waals surface area contributed by atoms with Crippen LogP contribution in [0.2, 0.25) is 0 Å². The number of carbonyl (C=O) groups is 2. The highest BCUT2D eigenvalue weighted by Gasteiger charge is 2.44. The van der Waals surface area contributed by atoms with Crippen molar-refractivity contribution in [1.29, 1.82) is 0 Å². The molecular weight excluding hydrogens is 365 g/mol. The van der Waals surface area contributed by atoms with Crippen LogP contribution in [-0.4, -0.2) is 74.3 Å². The summed E-state index contributed by atoms with van der Waals surface area (Å²) in [7, 11) is 0. The molecule has 28 heavy (non-hydrogen) atoms. The van der Waals surface area contributed by atoms with E-state index in [1.165, 1.54) is 19.1 Å². The molecule has 0 radical (unpaired) electrons. The number of rotatable bonds is 4. The molecule has 0 bridgehead atoms. The highest BCUT2D eigenvalue weighted by molar-refractivity contribution is 5.97. The smallest absolute Gasteiger partial charge is 0.248 e. The van der Waals surface area contributed by atoms with E-state index in [9.17, 15) is 19.1 Å². The molecule has 3 heterocycles. The second kappa shape index (κ2) is 7.33. The molecule has 9 heteroatoms. The molecular formula is C19H22FN5O3. The van der Waals surface area contributed by atoms with Gasteiger partial charge in [-0.15, -0.1) is 0 Å². The van der Waals surface area contributed by atoms with Crippen LogP contribution in [0.1, 0.15) is 12.5 Å². The number of nitrogens with zero attached hydrogens (tertiary/aromatic N) is 4. The predicted octanol–water partition coefficient (Wildman–Crippen LogP) is -0.0966. The lowest BCUT2D eigenvalue weighted by Gasteiger charge is -2.45. The zero-order chi connectivity index (χ0) is 19.8. The summed E-state index contributed by atoms with van der Waals surface area (Å²) in [5.74, 6) is -0.771. The Bertz CT molecular complexity index is 882. The molecule has 2 aromatic rings. The minimum absolute atomic E-state index is 0.233. The van der Waals surface area contributed by atoms with E-state index in [1.807, 2.05) is 6.20 Å². The molecule has 4 rings (SSSR count). The third kappa shape index (κ3) is 3.50. The third-order valence-corrected chi connectivity index (χ3v) is 5.23. The van der Waals surface area contributed by atoms with Crippen LogP contribution in [0.15, 0.2) is 36.7 Å². The molecule has 2 fully saturated rings. The van der Waals surface area contributed by atoms with Crippen molar-refractivity contribution in [2.24, 2.45) is 0 Å². The molecule has 3 atom stereocenters. The van der Waals surface area contributed by atoms with Gasteiger partial charge in [-0.3, -0.25) is 14.5 Å². The van der Waals surface area contributed by atoms with Crippen LogP contribution in [0.3, 0.4) is 0 Å². The van der Waals surface area contributed by atoms with Crippen LogP contribution < -0.4 is 5.32 Å². The predicted molar refractivity (Wildman–Crippen MR) is 97.9 cm³/mol. The average Bonchev–Trinajstić information content (AvgIpc) is 3.13. The van der Waals surface area contributed by atoms with Crippen LogP contribution >= 0.6 is 0 Å². The van der Waals surface area contributed by atoms with Gasteiger partial charge < -0.3 is 15.3 Å². The first-order valence-corrected chi connectivity index (χ1v) is 9.23. The summed E-state index contributed by atoms with van der Waals surface area (Å²) in [6.07, 6.45) is 2.69. The number of halogens is 1. The summed E-state index contributed by atoms with van der Waals surface area (Å²) in [4.78, 5) is 28.6. The molecule has 148 valence electrons. The largest absolute Gasteiger partial charge is 0.391 e.